The van der Waals surface area contributed by atoms with Crippen molar-refractivity contribution in [3.05, 3.63) is 70.3 Å². The minimum absolute atomic E-state index is 0.0373. The first-order valence-corrected chi connectivity index (χ1v) is 11.1. The van der Waals surface area contributed by atoms with Crippen molar-refractivity contribution < 1.29 is 24.3 Å². The van der Waals surface area contributed by atoms with Gasteiger partial charge in [0.1, 0.15) is 5.84 Å². The zero-order chi connectivity index (χ0) is 25.5. The number of aromatic carboxylic acids is 1. The maximum absolute atomic E-state index is 12.9. The van der Waals surface area contributed by atoms with Crippen LogP contribution in [0.25, 0.3) is 43.1 Å². The van der Waals surface area contributed by atoms with Gasteiger partial charge in [0.05, 0.1) is 5.56 Å². The number of carbonyl (C=O) groups excluding carboxylic acids is 3. The van der Waals surface area contributed by atoms with Crippen LogP contribution in [0, 0.1) is 5.41 Å². The van der Waals surface area contributed by atoms with Crippen molar-refractivity contribution >= 4 is 72.6 Å². The predicted octanol–water partition coefficient (Wildman–Crippen LogP) is 3.22. The van der Waals surface area contributed by atoms with E-state index in [9.17, 15) is 24.3 Å². The highest BCUT2D eigenvalue weighted by molar-refractivity contribution is 6.41. The molecule has 9 heteroatoms. The first-order valence-electron chi connectivity index (χ1n) is 11.1. The Morgan fingerprint density at radius 3 is 1.94 bits per heavy atom. The van der Waals surface area contributed by atoms with Gasteiger partial charge < -0.3 is 15.7 Å². The van der Waals surface area contributed by atoms with Gasteiger partial charge in [-0.1, -0.05) is 18.2 Å². The Hall–Kier alpha value is -5.05. The second-order valence-electron chi connectivity index (χ2n) is 8.62. The standard InChI is InChI=1S/C27H18N4O5/c1-29-23(28)16-9-17(27(35)36)19-12-5-8-15-20-14(25(33)31-26(15)34)7-3-10(18(12)20)11-4-6-13(24(32)30-2)21(16)22(11)19/h3-9H,1-2H3,(H2,28,29)(H,30,32)(H,35,36)(H,31,33,34). The van der Waals surface area contributed by atoms with E-state index >= 15 is 0 Å². The zero-order valence-corrected chi connectivity index (χ0v) is 19.1. The average molecular weight is 478 g/mol. The largest absolute Gasteiger partial charge is 0.478 e. The molecular weight excluding hydrogens is 460 g/mol. The van der Waals surface area contributed by atoms with Gasteiger partial charge in [0.15, 0.2) is 0 Å². The molecule has 0 aromatic heterocycles. The van der Waals surface area contributed by atoms with Gasteiger partial charge >= 0.3 is 5.97 Å². The summed E-state index contributed by atoms with van der Waals surface area (Å²) in [6, 6.07) is 11.5. The van der Waals surface area contributed by atoms with E-state index < -0.39 is 17.8 Å². The number of amides is 3. The summed E-state index contributed by atoms with van der Waals surface area (Å²) < 4.78 is 0. The number of carboxylic acid groups (broad SMARTS) is 1. The number of rotatable bonds is 3. The monoisotopic (exact) mass is 478 g/mol. The quantitative estimate of drug-likeness (QED) is 0.0884. The Morgan fingerprint density at radius 2 is 1.33 bits per heavy atom. The molecule has 176 valence electrons. The number of carbonyl (C=O) groups is 4. The highest BCUT2D eigenvalue weighted by atomic mass is 16.4. The lowest BCUT2D eigenvalue weighted by Crippen LogP contribution is -2.34. The van der Waals surface area contributed by atoms with Gasteiger partial charge in [-0.3, -0.25) is 25.1 Å². The van der Waals surface area contributed by atoms with Crippen LogP contribution in [0.4, 0.5) is 0 Å². The van der Waals surface area contributed by atoms with Crippen molar-refractivity contribution in [3.63, 3.8) is 0 Å². The van der Waals surface area contributed by atoms with Gasteiger partial charge in [-0.25, -0.2) is 4.79 Å². The van der Waals surface area contributed by atoms with Crippen molar-refractivity contribution in [2.75, 3.05) is 14.1 Å². The molecule has 6 rings (SSSR count). The van der Waals surface area contributed by atoms with Gasteiger partial charge in [0, 0.05) is 52.5 Å². The van der Waals surface area contributed by atoms with Gasteiger partial charge in [0.25, 0.3) is 17.7 Å². The molecule has 0 bridgehead atoms. The Balaban J connectivity index is 1.99. The van der Waals surface area contributed by atoms with Gasteiger partial charge in [-0.2, -0.15) is 0 Å². The summed E-state index contributed by atoms with van der Waals surface area (Å²) in [4.78, 5) is 50.7. The SMILES string of the molecule is CNC(=N)c1cc(C(=O)O)c2c3ccc4c5c(ccc(c6ccc(C(=O)NC)c1c62)c53)C(=O)NC4=O. The third-order valence-electron chi connectivity index (χ3n) is 6.94. The first-order chi connectivity index (χ1) is 17.3. The molecule has 0 fully saturated rings. The maximum Gasteiger partial charge on any atom is 0.336 e. The van der Waals surface area contributed by atoms with E-state index in [1.807, 2.05) is 0 Å². The fourth-order valence-corrected chi connectivity index (χ4v) is 5.44. The molecule has 5 aromatic carbocycles. The van der Waals surface area contributed by atoms with E-state index in [2.05, 4.69) is 16.0 Å². The first kappa shape index (κ1) is 21.5. The summed E-state index contributed by atoms with van der Waals surface area (Å²) in [6.07, 6.45) is 0. The molecule has 0 spiro atoms. The van der Waals surface area contributed by atoms with Gasteiger partial charge in [-0.15, -0.1) is 0 Å². The number of nitrogens with one attached hydrogen (secondary N) is 4. The molecule has 0 atom stereocenters. The molecule has 1 heterocycles. The number of carboxylic acids is 1. The molecule has 0 radical (unpaired) electrons. The Labute approximate surface area is 202 Å². The number of fused-ring (bicyclic) bond motifs is 2. The molecule has 5 N–H and O–H groups in total. The smallest absolute Gasteiger partial charge is 0.336 e. The van der Waals surface area contributed by atoms with E-state index in [1.54, 1.807) is 43.4 Å². The van der Waals surface area contributed by atoms with Crippen LogP contribution in [0.15, 0.2) is 42.5 Å². The minimum atomic E-state index is -1.20. The number of amidine groups is 1. The molecule has 5 aromatic rings. The van der Waals surface area contributed by atoms with Crippen LogP contribution in [0.1, 0.15) is 47.0 Å². The van der Waals surface area contributed by atoms with Crippen LogP contribution < -0.4 is 16.0 Å². The molecule has 1 aliphatic heterocycles. The number of imide groups is 1. The van der Waals surface area contributed by atoms with E-state index in [-0.39, 0.29) is 22.9 Å². The van der Waals surface area contributed by atoms with Crippen LogP contribution in [-0.4, -0.2) is 48.7 Å². The molecular formula is C27H18N4O5. The highest BCUT2D eigenvalue weighted by Gasteiger charge is 2.30. The summed E-state index contributed by atoms with van der Waals surface area (Å²) in [6.45, 7) is 0. The van der Waals surface area contributed by atoms with E-state index in [0.717, 1.165) is 0 Å². The Morgan fingerprint density at radius 1 is 0.722 bits per heavy atom. The summed E-state index contributed by atoms with van der Waals surface area (Å²) in [7, 11) is 3.06. The van der Waals surface area contributed by atoms with Crippen LogP contribution in [0.2, 0.25) is 0 Å². The number of benzene rings is 5. The third kappa shape index (κ3) is 2.56. The van der Waals surface area contributed by atoms with Crippen LogP contribution in [-0.2, 0) is 0 Å². The molecule has 0 saturated carbocycles. The molecule has 9 nitrogen and oxygen atoms in total. The van der Waals surface area contributed by atoms with Gasteiger partial charge in [-0.05, 0) is 51.2 Å². The average Bonchev–Trinajstić information content (AvgIpc) is 2.88. The fourth-order valence-electron chi connectivity index (χ4n) is 5.44. The van der Waals surface area contributed by atoms with Crippen LogP contribution in [0.5, 0.6) is 0 Å². The normalized spacial score (nSPS) is 12.9. The number of hydrogen-bond acceptors (Lipinski definition) is 5. The van der Waals surface area contributed by atoms with E-state index in [1.165, 1.54) is 13.1 Å². The van der Waals surface area contributed by atoms with Crippen LogP contribution in [0.3, 0.4) is 0 Å². The Kier molecular flexibility index (Phi) is 4.31. The summed E-state index contributed by atoms with van der Waals surface area (Å²) in [5.41, 5.74) is 1.19. The molecule has 0 aliphatic carbocycles. The second kappa shape index (κ2) is 7.22. The predicted molar refractivity (Wildman–Crippen MR) is 136 cm³/mol. The second-order valence-corrected chi connectivity index (χ2v) is 8.62. The summed E-state index contributed by atoms with van der Waals surface area (Å²) in [5.74, 6) is -2.65. The van der Waals surface area contributed by atoms with Crippen molar-refractivity contribution in [1.82, 2.24) is 16.0 Å². The Bertz CT molecular complexity index is 1870. The lowest BCUT2D eigenvalue weighted by atomic mass is 9.81. The summed E-state index contributed by atoms with van der Waals surface area (Å²) >= 11 is 0. The van der Waals surface area contributed by atoms with Crippen LogP contribution >= 0.6 is 0 Å². The van der Waals surface area contributed by atoms with Crippen molar-refractivity contribution in [2.45, 2.75) is 0 Å². The molecule has 36 heavy (non-hydrogen) atoms. The van der Waals surface area contributed by atoms with Crippen molar-refractivity contribution in [3.8, 4) is 0 Å². The summed E-state index contributed by atoms with van der Waals surface area (Å²) in [5, 5.41) is 30.8. The van der Waals surface area contributed by atoms with Gasteiger partial charge in [0.2, 0.25) is 0 Å². The molecule has 3 amide bonds. The van der Waals surface area contributed by atoms with E-state index in [4.69, 9.17) is 5.41 Å². The number of hydrogen-bond donors (Lipinski definition) is 5. The maximum atomic E-state index is 12.9. The third-order valence-corrected chi connectivity index (χ3v) is 6.94. The molecule has 0 saturated heterocycles. The van der Waals surface area contributed by atoms with Crippen molar-refractivity contribution in [2.24, 2.45) is 0 Å². The minimum Gasteiger partial charge on any atom is -0.478 e. The molecule has 0 unspecified atom stereocenters. The topological polar surface area (TPSA) is 148 Å². The molecule has 1 aliphatic rings. The fraction of sp³-hybridized carbons (Fsp3) is 0.0741. The van der Waals surface area contributed by atoms with E-state index in [0.29, 0.717) is 59.8 Å². The lowest BCUT2D eigenvalue weighted by Gasteiger charge is -2.23. The zero-order valence-electron chi connectivity index (χ0n) is 19.1. The van der Waals surface area contributed by atoms with Crippen molar-refractivity contribution in [1.29, 1.82) is 5.41 Å². The lowest BCUT2D eigenvalue weighted by molar-refractivity contribution is 0.0697. The highest BCUT2D eigenvalue weighted by Crippen LogP contribution is 2.45.